The summed E-state index contributed by atoms with van der Waals surface area (Å²) in [6.07, 6.45) is 4.89. The number of thiazole rings is 1. The number of hydrogen-bond donors (Lipinski definition) is 1. The minimum absolute atomic E-state index is 0.640. The zero-order valence-corrected chi connectivity index (χ0v) is 19.1. The molecular weight excluding hydrogens is 432 g/mol. The first-order valence-electron chi connectivity index (χ1n) is 10.8. The van der Waals surface area contributed by atoms with E-state index < -0.39 is 0 Å². The molecule has 0 aliphatic rings. The Hall–Kier alpha value is -3.84. The van der Waals surface area contributed by atoms with Crippen molar-refractivity contribution in [1.29, 1.82) is 0 Å². The van der Waals surface area contributed by atoms with Crippen molar-refractivity contribution in [2.45, 2.75) is 13.0 Å². The number of hydrazone groups is 1. The molecule has 5 aromatic rings. The minimum atomic E-state index is 0.640. The van der Waals surface area contributed by atoms with Crippen LogP contribution in [0.2, 0.25) is 0 Å². The molecule has 0 atom stereocenters. The van der Waals surface area contributed by atoms with Crippen molar-refractivity contribution in [2.75, 3.05) is 19.1 Å². The molecule has 33 heavy (non-hydrogen) atoms. The van der Waals surface area contributed by atoms with Crippen molar-refractivity contribution in [3.63, 3.8) is 0 Å². The molecule has 0 radical (unpaired) electrons. The van der Waals surface area contributed by atoms with Gasteiger partial charge in [-0.15, -0.1) is 0 Å². The van der Waals surface area contributed by atoms with Gasteiger partial charge in [-0.2, -0.15) is 5.10 Å². The molecule has 2 aromatic heterocycles. The largest absolute Gasteiger partial charge is 0.497 e. The van der Waals surface area contributed by atoms with Crippen molar-refractivity contribution in [2.24, 2.45) is 5.10 Å². The molecule has 6 nitrogen and oxygen atoms in total. The molecule has 3 aromatic carbocycles. The van der Waals surface area contributed by atoms with E-state index in [4.69, 9.17) is 9.47 Å². The van der Waals surface area contributed by atoms with Gasteiger partial charge in [0.2, 0.25) is 5.13 Å². The first kappa shape index (κ1) is 21.0. The summed E-state index contributed by atoms with van der Waals surface area (Å²) in [5.74, 6) is 1.68. The van der Waals surface area contributed by atoms with Gasteiger partial charge in [-0.3, -0.25) is 5.43 Å². The van der Waals surface area contributed by atoms with Crippen LogP contribution in [-0.2, 0) is 6.54 Å². The van der Waals surface area contributed by atoms with Crippen LogP contribution in [-0.4, -0.2) is 29.5 Å². The van der Waals surface area contributed by atoms with Crippen molar-refractivity contribution >= 4 is 43.8 Å². The Morgan fingerprint density at radius 2 is 1.79 bits per heavy atom. The number of ether oxygens (including phenoxy) is 2. The van der Waals surface area contributed by atoms with E-state index in [1.54, 1.807) is 18.4 Å². The van der Waals surface area contributed by atoms with Crippen LogP contribution in [0.25, 0.3) is 21.1 Å². The van der Waals surface area contributed by atoms with Gasteiger partial charge in [0.1, 0.15) is 11.5 Å². The van der Waals surface area contributed by atoms with E-state index in [2.05, 4.69) is 56.6 Å². The van der Waals surface area contributed by atoms with Crippen LogP contribution < -0.4 is 14.9 Å². The van der Waals surface area contributed by atoms with Gasteiger partial charge in [-0.25, -0.2) is 4.98 Å². The van der Waals surface area contributed by atoms with Gasteiger partial charge in [0.15, 0.2) is 0 Å². The summed E-state index contributed by atoms with van der Waals surface area (Å²) in [6.45, 7) is 1.50. The number of rotatable bonds is 9. The van der Waals surface area contributed by atoms with Gasteiger partial charge in [-0.1, -0.05) is 41.7 Å². The maximum absolute atomic E-state index is 5.87. The summed E-state index contributed by atoms with van der Waals surface area (Å²) in [7, 11) is 1.66. The zero-order valence-electron chi connectivity index (χ0n) is 18.3. The highest BCUT2D eigenvalue weighted by Crippen LogP contribution is 2.26. The predicted molar refractivity (Wildman–Crippen MR) is 136 cm³/mol. The summed E-state index contributed by atoms with van der Waals surface area (Å²) in [5.41, 5.74) is 6.30. The van der Waals surface area contributed by atoms with E-state index >= 15 is 0 Å². The van der Waals surface area contributed by atoms with Crippen LogP contribution in [0.3, 0.4) is 0 Å². The highest BCUT2D eigenvalue weighted by atomic mass is 32.1. The fourth-order valence-corrected chi connectivity index (χ4v) is 4.55. The molecule has 0 bridgehead atoms. The second kappa shape index (κ2) is 9.75. The number of hydrogen-bond acceptors (Lipinski definition) is 6. The Balaban J connectivity index is 1.23. The number of aromatic nitrogens is 2. The van der Waals surface area contributed by atoms with E-state index in [-0.39, 0.29) is 0 Å². The number of anilines is 1. The SMILES string of the molecule is COc1ccc(OCCCn2cc(/C=N/Nc3nc4ccccc4s3)c3ccccc32)cc1. The maximum Gasteiger partial charge on any atom is 0.204 e. The Bertz CT molecular complexity index is 1360. The Labute approximate surface area is 196 Å². The smallest absolute Gasteiger partial charge is 0.204 e. The third kappa shape index (κ3) is 4.83. The quantitative estimate of drug-likeness (QED) is 0.164. The van der Waals surface area contributed by atoms with E-state index in [1.807, 2.05) is 48.7 Å². The number of benzene rings is 3. The highest BCUT2D eigenvalue weighted by Gasteiger charge is 2.07. The van der Waals surface area contributed by atoms with Gasteiger partial charge in [0, 0.05) is 29.2 Å². The first-order valence-corrected chi connectivity index (χ1v) is 11.6. The normalized spacial score (nSPS) is 11.4. The summed E-state index contributed by atoms with van der Waals surface area (Å²) >= 11 is 1.59. The number of nitrogens with zero attached hydrogens (tertiary/aromatic N) is 3. The maximum atomic E-state index is 5.87. The molecule has 7 heteroatoms. The fourth-order valence-electron chi connectivity index (χ4n) is 3.74. The number of fused-ring (bicyclic) bond motifs is 2. The van der Waals surface area contributed by atoms with Gasteiger partial charge in [0.05, 0.1) is 30.1 Å². The van der Waals surface area contributed by atoms with Gasteiger partial charge in [0.25, 0.3) is 0 Å². The fraction of sp³-hybridized carbons (Fsp3) is 0.154. The molecule has 5 rings (SSSR count). The molecule has 0 saturated carbocycles. The van der Waals surface area contributed by atoms with Crippen molar-refractivity contribution in [1.82, 2.24) is 9.55 Å². The van der Waals surface area contributed by atoms with E-state index in [9.17, 15) is 0 Å². The predicted octanol–water partition coefficient (Wildman–Crippen LogP) is 6.17. The molecule has 166 valence electrons. The van der Waals surface area contributed by atoms with Gasteiger partial charge < -0.3 is 14.0 Å². The number of para-hydroxylation sites is 2. The summed E-state index contributed by atoms with van der Waals surface area (Å²) in [5, 5.41) is 6.40. The number of aryl methyl sites for hydroxylation is 1. The third-order valence-electron chi connectivity index (χ3n) is 5.35. The molecule has 0 fully saturated rings. The molecular formula is C26H24N4O2S. The average molecular weight is 457 g/mol. The van der Waals surface area contributed by atoms with Gasteiger partial charge >= 0.3 is 0 Å². The van der Waals surface area contributed by atoms with Crippen LogP contribution in [0.4, 0.5) is 5.13 Å². The molecule has 0 amide bonds. The standard InChI is InChI=1S/C26H24N4O2S/c1-31-20-11-13-21(14-12-20)32-16-6-15-30-18-19(22-7-2-4-9-24(22)30)17-27-29-26-28-23-8-3-5-10-25(23)33-26/h2-5,7-14,17-18H,6,15-16H2,1H3,(H,28,29)/b27-17+. The molecule has 1 N–H and O–H groups in total. The second-order valence-electron chi connectivity index (χ2n) is 7.53. The molecule has 0 aliphatic heterocycles. The topological polar surface area (TPSA) is 60.7 Å². The van der Waals surface area contributed by atoms with E-state index in [0.717, 1.165) is 45.4 Å². The van der Waals surface area contributed by atoms with Crippen molar-refractivity contribution < 1.29 is 9.47 Å². The highest BCUT2D eigenvalue weighted by molar-refractivity contribution is 7.22. The van der Waals surface area contributed by atoms with Gasteiger partial charge in [-0.05, 0) is 48.9 Å². The average Bonchev–Trinajstić information content (AvgIpc) is 3.43. The van der Waals surface area contributed by atoms with Crippen LogP contribution in [0.15, 0.2) is 84.1 Å². The van der Waals surface area contributed by atoms with Crippen LogP contribution in [0, 0.1) is 0 Å². The molecule has 0 saturated heterocycles. The number of nitrogens with one attached hydrogen (secondary N) is 1. The molecule has 0 aliphatic carbocycles. The van der Waals surface area contributed by atoms with Crippen LogP contribution in [0.1, 0.15) is 12.0 Å². The molecule has 0 unspecified atom stereocenters. The lowest BCUT2D eigenvalue weighted by Crippen LogP contribution is -2.03. The molecule has 0 spiro atoms. The van der Waals surface area contributed by atoms with E-state index in [1.165, 1.54) is 10.9 Å². The lowest BCUT2D eigenvalue weighted by atomic mass is 10.2. The molecule has 2 heterocycles. The monoisotopic (exact) mass is 456 g/mol. The second-order valence-corrected chi connectivity index (χ2v) is 8.56. The summed E-state index contributed by atoms with van der Waals surface area (Å²) in [4.78, 5) is 4.56. The number of methoxy groups -OCH3 is 1. The Morgan fingerprint density at radius 1 is 1.00 bits per heavy atom. The lowest BCUT2D eigenvalue weighted by molar-refractivity contribution is 0.302. The Kier molecular flexibility index (Phi) is 6.21. The van der Waals surface area contributed by atoms with E-state index in [0.29, 0.717) is 6.61 Å². The minimum Gasteiger partial charge on any atom is -0.497 e. The zero-order chi connectivity index (χ0) is 22.5. The summed E-state index contributed by atoms with van der Waals surface area (Å²) < 4.78 is 14.5. The van der Waals surface area contributed by atoms with Crippen molar-refractivity contribution in [3.05, 3.63) is 84.6 Å². The lowest BCUT2D eigenvalue weighted by Gasteiger charge is -2.08. The van der Waals surface area contributed by atoms with Crippen LogP contribution >= 0.6 is 11.3 Å². The summed E-state index contributed by atoms with van der Waals surface area (Å²) in [6, 6.07) is 24.1. The third-order valence-corrected chi connectivity index (χ3v) is 6.29. The first-order chi connectivity index (χ1) is 16.3. The van der Waals surface area contributed by atoms with Crippen LogP contribution in [0.5, 0.6) is 11.5 Å². The Morgan fingerprint density at radius 3 is 2.64 bits per heavy atom. The van der Waals surface area contributed by atoms with Crippen molar-refractivity contribution in [3.8, 4) is 11.5 Å².